The van der Waals surface area contributed by atoms with E-state index in [1.165, 1.54) is 4.88 Å². The van der Waals surface area contributed by atoms with Crippen LogP contribution >= 0.6 is 11.3 Å². The molecule has 2 aliphatic rings. The number of carbonyl (C=O) groups excluding carboxylic acids is 1. The average Bonchev–Trinajstić information content (AvgIpc) is 3.01. The second-order valence-corrected chi connectivity index (χ2v) is 6.28. The minimum atomic E-state index is -0.285. The van der Waals surface area contributed by atoms with Crippen LogP contribution in [0, 0.1) is 0 Å². The van der Waals surface area contributed by atoms with Crippen molar-refractivity contribution < 1.29 is 9.53 Å². The molecule has 3 rings (SSSR count). The molecule has 0 aromatic carbocycles. The summed E-state index contributed by atoms with van der Waals surface area (Å²) in [6.07, 6.45) is -0.285. The number of amides is 1. The van der Waals surface area contributed by atoms with Gasteiger partial charge in [0.1, 0.15) is 6.10 Å². The van der Waals surface area contributed by atoms with E-state index in [2.05, 4.69) is 27.7 Å². The van der Waals surface area contributed by atoms with Crippen LogP contribution in [0.15, 0.2) is 17.5 Å². The fraction of sp³-hybridized carbons (Fsp3) is 0.643. The second kappa shape index (κ2) is 6.67. The predicted molar refractivity (Wildman–Crippen MR) is 78.8 cm³/mol. The largest absolute Gasteiger partial charge is 0.366 e. The topological polar surface area (TPSA) is 44.8 Å². The number of piperazine rings is 1. The fourth-order valence-electron chi connectivity index (χ4n) is 2.68. The van der Waals surface area contributed by atoms with Gasteiger partial charge in [-0.3, -0.25) is 9.69 Å². The number of ether oxygens (including phenoxy) is 1. The third kappa shape index (κ3) is 3.38. The van der Waals surface area contributed by atoms with Crippen LogP contribution in [0.5, 0.6) is 0 Å². The van der Waals surface area contributed by atoms with Crippen LogP contribution in [-0.2, 0) is 16.1 Å². The Balaban J connectivity index is 1.46. The van der Waals surface area contributed by atoms with Crippen molar-refractivity contribution in [2.75, 3.05) is 45.9 Å². The summed E-state index contributed by atoms with van der Waals surface area (Å²) in [4.78, 5) is 18.1. The van der Waals surface area contributed by atoms with Crippen molar-refractivity contribution in [1.29, 1.82) is 0 Å². The number of rotatable bonds is 3. The molecule has 6 heteroatoms. The van der Waals surface area contributed by atoms with Gasteiger partial charge in [0.2, 0.25) is 0 Å². The fourth-order valence-corrected chi connectivity index (χ4v) is 3.42. The number of thiophene rings is 1. The van der Waals surface area contributed by atoms with Gasteiger partial charge in [-0.1, -0.05) is 6.07 Å². The highest BCUT2D eigenvalue weighted by Gasteiger charge is 2.29. The van der Waals surface area contributed by atoms with Gasteiger partial charge in [0, 0.05) is 50.7 Å². The van der Waals surface area contributed by atoms with Crippen molar-refractivity contribution in [3.8, 4) is 0 Å². The highest BCUT2D eigenvalue weighted by molar-refractivity contribution is 7.09. The Morgan fingerprint density at radius 2 is 2.25 bits per heavy atom. The molecule has 0 saturated carbocycles. The van der Waals surface area contributed by atoms with Crippen LogP contribution < -0.4 is 5.32 Å². The summed E-state index contributed by atoms with van der Waals surface area (Å²) in [5, 5.41) is 5.33. The molecule has 5 nitrogen and oxygen atoms in total. The zero-order valence-corrected chi connectivity index (χ0v) is 12.4. The average molecular weight is 295 g/mol. The summed E-state index contributed by atoms with van der Waals surface area (Å²) in [5.41, 5.74) is 0. The van der Waals surface area contributed by atoms with Crippen molar-refractivity contribution >= 4 is 17.2 Å². The molecular formula is C14H21N3O2S. The summed E-state index contributed by atoms with van der Waals surface area (Å²) >= 11 is 1.80. The molecule has 1 atom stereocenters. The van der Waals surface area contributed by atoms with Gasteiger partial charge in [0.15, 0.2) is 0 Å². The summed E-state index contributed by atoms with van der Waals surface area (Å²) in [7, 11) is 0. The van der Waals surface area contributed by atoms with E-state index in [0.29, 0.717) is 13.2 Å². The van der Waals surface area contributed by atoms with Crippen molar-refractivity contribution in [3.63, 3.8) is 0 Å². The van der Waals surface area contributed by atoms with E-state index in [-0.39, 0.29) is 12.0 Å². The van der Waals surface area contributed by atoms with E-state index in [0.717, 1.165) is 39.3 Å². The Bertz CT molecular complexity index is 424. The summed E-state index contributed by atoms with van der Waals surface area (Å²) in [5.74, 6) is 0.146. The molecule has 110 valence electrons. The number of nitrogens with one attached hydrogen (secondary N) is 1. The molecule has 1 aromatic rings. The smallest absolute Gasteiger partial charge is 0.253 e. The maximum atomic E-state index is 12.3. The van der Waals surface area contributed by atoms with Crippen molar-refractivity contribution in [1.82, 2.24) is 15.1 Å². The Morgan fingerprint density at radius 3 is 2.90 bits per heavy atom. The van der Waals surface area contributed by atoms with Crippen LogP contribution in [0.2, 0.25) is 0 Å². The lowest BCUT2D eigenvalue weighted by Crippen LogP contribution is -2.54. The van der Waals surface area contributed by atoms with Gasteiger partial charge in [-0.15, -0.1) is 11.3 Å². The quantitative estimate of drug-likeness (QED) is 0.876. The standard InChI is InChI=1S/C14H21N3O2S/c18-14(13-10-15-3-8-19-13)17-6-4-16(5-7-17)11-12-2-1-9-20-12/h1-2,9,13,15H,3-8,10-11H2/t13-/m1/s1. The molecular weight excluding hydrogens is 274 g/mol. The molecule has 20 heavy (non-hydrogen) atoms. The molecule has 2 saturated heterocycles. The minimum absolute atomic E-state index is 0.146. The van der Waals surface area contributed by atoms with Gasteiger partial charge in [0.05, 0.1) is 6.61 Å². The number of hydrogen-bond acceptors (Lipinski definition) is 5. The second-order valence-electron chi connectivity index (χ2n) is 5.24. The van der Waals surface area contributed by atoms with E-state index in [1.54, 1.807) is 11.3 Å². The third-order valence-corrected chi connectivity index (χ3v) is 4.71. The minimum Gasteiger partial charge on any atom is -0.366 e. The molecule has 0 radical (unpaired) electrons. The Labute approximate surface area is 123 Å². The molecule has 0 bridgehead atoms. The van der Waals surface area contributed by atoms with Crippen molar-refractivity contribution in [2.24, 2.45) is 0 Å². The first-order valence-corrected chi connectivity index (χ1v) is 8.07. The SMILES string of the molecule is O=C([C@H]1CNCCO1)N1CCN(Cc2cccs2)CC1. The number of carbonyl (C=O) groups is 1. The lowest BCUT2D eigenvalue weighted by atomic mass is 10.2. The van der Waals surface area contributed by atoms with Crippen molar-refractivity contribution in [3.05, 3.63) is 22.4 Å². The molecule has 1 aromatic heterocycles. The summed E-state index contributed by atoms with van der Waals surface area (Å²) < 4.78 is 5.54. The van der Waals surface area contributed by atoms with Crippen LogP contribution in [0.3, 0.4) is 0 Å². The van der Waals surface area contributed by atoms with Gasteiger partial charge in [-0.05, 0) is 11.4 Å². The van der Waals surface area contributed by atoms with Gasteiger partial charge in [-0.25, -0.2) is 0 Å². The Hall–Kier alpha value is -0.950. The highest BCUT2D eigenvalue weighted by Crippen LogP contribution is 2.14. The third-order valence-electron chi connectivity index (χ3n) is 3.85. The first-order chi connectivity index (χ1) is 9.83. The number of nitrogens with zero attached hydrogens (tertiary/aromatic N) is 2. The molecule has 1 amide bonds. The molecule has 0 aliphatic carbocycles. The zero-order chi connectivity index (χ0) is 13.8. The lowest BCUT2D eigenvalue weighted by Gasteiger charge is -2.36. The van der Waals surface area contributed by atoms with Gasteiger partial charge < -0.3 is 15.0 Å². The molecule has 3 heterocycles. The molecule has 0 spiro atoms. The van der Waals surface area contributed by atoms with E-state index < -0.39 is 0 Å². The maximum Gasteiger partial charge on any atom is 0.253 e. The number of hydrogen-bond donors (Lipinski definition) is 1. The molecule has 2 fully saturated rings. The normalized spacial score (nSPS) is 24.8. The zero-order valence-electron chi connectivity index (χ0n) is 11.6. The molecule has 0 unspecified atom stereocenters. The summed E-state index contributed by atoms with van der Waals surface area (Å²) in [6, 6.07) is 4.26. The van der Waals surface area contributed by atoms with E-state index in [4.69, 9.17) is 4.74 Å². The first-order valence-electron chi connectivity index (χ1n) is 7.19. The van der Waals surface area contributed by atoms with Crippen LogP contribution in [-0.4, -0.2) is 67.7 Å². The summed E-state index contributed by atoms with van der Waals surface area (Å²) in [6.45, 7) is 6.64. The van der Waals surface area contributed by atoms with Crippen LogP contribution in [0.4, 0.5) is 0 Å². The van der Waals surface area contributed by atoms with Gasteiger partial charge in [0.25, 0.3) is 5.91 Å². The van der Waals surface area contributed by atoms with Gasteiger partial charge in [-0.2, -0.15) is 0 Å². The molecule has 1 N–H and O–H groups in total. The van der Waals surface area contributed by atoms with Crippen LogP contribution in [0.25, 0.3) is 0 Å². The number of morpholine rings is 1. The maximum absolute atomic E-state index is 12.3. The Kier molecular flexibility index (Phi) is 4.67. The Morgan fingerprint density at radius 1 is 1.40 bits per heavy atom. The van der Waals surface area contributed by atoms with Gasteiger partial charge >= 0.3 is 0 Å². The predicted octanol–water partition coefficient (Wildman–Crippen LogP) is 0.381. The highest BCUT2D eigenvalue weighted by atomic mass is 32.1. The monoisotopic (exact) mass is 295 g/mol. The van der Waals surface area contributed by atoms with Crippen molar-refractivity contribution in [2.45, 2.75) is 12.6 Å². The lowest BCUT2D eigenvalue weighted by molar-refractivity contribution is -0.147. The van der Waals surface area contributed by atoms with Crippen LogP contribution in [0.1, 0.15) is 4.88 Å². The van der Waals surface area contributed by atoms with E-state index in [9.17, 15) is 4.79 Å². The van der Waals surface area contributed by atoms with E-state index in [1.807, 2.05) is 4.90 Å². The van der Waals surface area contributed by atoms with E-state index >= 15 is 0 Å². The molecule has 2 aliphatic heterocycles. The first kappa shape index (κ1) is 14.0.